The van der Waals surface area contributed by atoms with Crippen LogP contribution in [-0.2, 0) is 22.4 Å². The third-order valence-electron chi connectivity index (χ3n) is 6.47. The predicted octanol–water partition coefficient (Wildman–Crippen LogP) is 4.37. The highest BCUT2D eigenvalue weighted by molar-refractivity contribution is 7.17. The van der Waals surface area contributed by atoms with Crippen LogP contribution in [0.1, 0.15) is 86.5 Å². The molecule has 0 saturated heterocycles. The molecule has 29 heavy (non-hydrogen) atoms. The summed E-state index contributed by atoms with van der Waals surface area (Å²) in [4.78, 5) is 37.2. The van der Waals surface area contributed by atoms with Gasteiger partial charge in [-0.2, -0.15) is 0 Å². The van der Waals surface area contributed by atoms with E-state index in [2.05, 4.69) is 31.4 Å². The van der Waals surface area contributed by atoms with E-state index < -0.39 is 5.97 Å². The second-order valence-electron chi connectivity index (χ2n) is 9.03. The Hall–Kier alpha value is -1.89. The molecule has 0 spiro atoms. The lowest BCUT2D eigenvalue weighted by atomic mass is 9.69. The van der Waals surface area contributed by atoms with E-state index in [4.69, 9.17) is 5.11 Å². The highest BCUT2D eigenvalue weighted by Crippen LogP contribution is 2.45. The number of anilines is 1. The Kier molecular flexibility index (Phi) is 6.66. The SMILES string of the molecule is CCC(C)(C)[C@H]1CCc2c(sc(NC(=O)CCCC(=O)O)c2C(=O)NC2CC2)C1. The third kappa shape index (κ3) is 5.38. The highest BCUT2D eigenvalue weighted by Gasteiger charge is 2.36. The van der Waals surface area contributed by atoms with Gasteiger partial charge in [0.2, 0.25) is 5.91 Å². The van der Waals surface area contributed by atoms with Crippen LogP contribution in [0, 0.1) is 11.3 Å². The summed E-state index contributed by atoms with van der Waals surface area (Å²) < 4.78 is 0. The molecular weight excluding hydrogens is 388 g/mol. The van der Waals surface area contributed by atoms with Gasteiger partial charge in [0, 0.05) is 23.8 Å². The molecular formula is C22H32N2O4S. The Morgan fingerprint density at radius 2 is 1.90 bits per heavy atom. The highest BCUT2D eigenvalue weighted by atomic mass is 32.1. The van der Waals surface area contributed by atoms with Gasteiger partial charge >= 0.3 is 5.97 Å². The standard InChI is InChI=1S/C22H32N2O4S/c1-4-22(2,3)13-8-11-15-16(12-13)29-21(19(15)20(28)23-14-9-10-14)24-17(25)6-5-7-18(26)27/h13-14H,4-12H2,1-3H3,(H,23,28)(H,24,25)(H,26,27)/t13-/m0/s1. The van der Waals surface area contributed by atoms with E-state index in [0.717, 1.165) is 44.1 Å². The molecule has 1 aromatic heterocycles. The monoisotopic (exact) mass is 420 g/mol. The summed E-state index contributed by atoms with van der Waals surface area (Å²) in [5.74, 6) is -0.648. The number of carbonyl (C=O) groups excluding carboxylic acids is 2. The number of nitrogens with one attached hydrogen (secondary N) is 2. The molecule has 0 bridgehead atoms. The van der Waals surface area contributed by atoms with Crippen LogP contribution in [0.3, 0.4) is 0 Å². The van der Waals surface area contributed by atoms with Crippen LogP contribution in [0.2, 0.25) is 0 Å². The molecule has 1 saturated carbocycles. The number of rotatable bonds is 9. The first kappa shape index (κ1) is 21.8. The minimum Gasteiger partial charge on any atom is -0.481 e. The first-order valence-electron chi connectivity index (χ1n) is 10.7. The van der Waals surface area contributed by atoms with E-state index in [-0.39, 0.29) is 36.1 Å². The van der Waals surface area contributed by atoms with Crippen LogP contribution in [0.4, 0.5) is 5.00 Å². The molecule has 3 N–H and O–H groups in total. The maximum absolute atomic E-state index is 12.9. The normalized spacial score (nSPS) is 18.8. The summed E-state index contributed by atoms with van der Waals surface area (Å²) in [6, 6.07) is 0.257. The molecule has 2 aliphatic carbocycles. The summed E-state index contributed by atoms with van der Waals surface area (Å²) >= 11 is 1.53. The number of fused-ring (bicyclic) bond motifs is 1. The van der Waals surface area contributed by atoms with Gasteiger partial charge in [0.25, 0.3) is 5.91 Å². The summed E-state index contributed by atoms with van der Waals surface area (Å²) in [7, 11) is 0. The van der Waals surface area contributed by atoms with E-state index in [1.165, 1.54) is 16.2 Å². The summed E-state index contributed by atoms with van der Waals surface area (Å²) in [6.45, 7) is 6.84. The van der Waals surface area contributed by atoms with Gasteiger partial charge in [-0.1, -0.05) is 27.2 Å². The lowest BCUT2D eigenvalue weighted by Gasteiger charge is -2.36. The molecule has 1 atom stereocenters. The number of carbonyl (C=O) groups is 3. The molecule has 0 unspecified atom stereocenters. The zero-order valence-corrected chi connectivity index (χ0v) is 18.4. The van der Waals surface area contributed by atoms with E-state index in [1.807, 2.05) is 0 Å². The van der Waals surface area contributed by atoms with Gasteiger partial charge in [-0.3, -0.25) is 14.4 Å². The van der Waals surface area contributed by atoms with Crippen molar-refractivity contribution in [3.8, 4) is 0 Å². The fourth-order valence-electron chi connectivity index (χ4n) is 3.94. The Bertz CT molecular complexity index is 795. The molecule has 7 heteroatoms. The van der Waals surface area contributed by atoms with Gasteiger partial charge in [0.05, 0.1) is 5.56 Å². The molecule has 2 aliphatic rings. The van der Waals surface area contributed by atoms with E-state index in [9.17, 15) is 14.4 Å². The molecule has 6 nitrogen and oxygen atoms in total. The van der Waals surface area contributed by atoms with Gasteiger partial charge in [0.1, 0.15) is 5.00 Å². The smallest absolute Gasteiger partial charge is 0.303 e. The van der Waals surface area contributed by atoms with Crippen molar-refractivity contribution in [1.82, 2.24) is 5.32 Å². The van der Waals surface area contributed by atoms with Crippen molar-refractivity contribution in [2.75, 3.05) is 5.32 Å². The number of thiophene rings is 1. The van der Waals surface area contributed by atoms with Crippen molar-refractivity contribution in [2.24, 2.45) is 11.3 Å². The Morgan fingerprint density at radius 1 is 1.17 bits per heavy atom. The van der Waals surface area contributed by atoms with Crippen LogP contribution < -0.4 is 10.6 Å². The van der Waals surface area contributed by atoms with Gasteiger partial charge in [-0.15, -0.1) is 11.3 Å². The second kappa shape index (κ2) is 8.86. The molecule has 0 aromatic carbocycles. The maximum atomic E-state index is 12.9. The molecule has 1 fully saturated rings. The van der Waals surface area contributed by atoms with Crippen LogP contribution in [-0.4, -0.2) is 28.9 Å². The zero-order chi connectivity index (χ0) is 21.2. The lowest BCUT2D eigenvalue weighted by Crippen LogP contribution is -2.30. The minimum atomic E-state index is -0.904. The predicted molar refractivity (Wildman–Crippen MR) is 115 cm³/mol. The average molecular weight is 421 g/mol. The van der Waals surface area contributed by atoms with E-state index in [0.29, 0.717) is 22.9 Å². The van der Waals surface area contributed by atoms with Crippen molar-refractivity contribution in [3.63, 3.8) is 0 Å². The van der Waals surface area contributed by atoms with Crippen LogP contribution >= 0.6 is 11.3 Å². The Balaban J connectivity index is 1.80. The van der Waals surface area contributed by atoms with Gasteiger partial charge in [-0.05, 0) is 55.4 Å². The molecule has 1 heterocycles. The van der Waals surface area contributed by atoms with E-state index in [1.54, 1.807) is 0 Å². The number of hydrogen-bond acceptors (Lipinski definition) is 4. The number of carboxylic acid groups (broad SMARTS) is 1. The van der Waals surface area contributed by atoms with Gasteiger partial charge in [-0.25, -0.2) is 0 Å². The fraction of sp³-hybridized carbons (Fsp3) is 0.682. The van der Waals surface area contributed by atoms with Crippen LogP contribution in [0.15, 0.2) is 0 Å². The lowest BCUT2D eigenvalue weighted by molar-refractivity contribution is -0.137. The number of amides is 2. The van der Waals surface area contributed by atoms with Crippen molar-refractivity contribution in [3.05, 3.63) is 16.0 Å². The molecule has 2 amide bonds. The first-order chi connectivity index (χ1) is 13.7. The number of hydrogen-bond donors (Lipinski definition) is 3. The van der Waals surface area contributed by atoms with Crippen LogP contribution in [0.25, 0.3) is 0 Å². The second-order valence-corrected chi connectivity index (χ2v) is 10.1. The van der Waals surface area contributed by atoms with E-state index >= 15 is 0 Å². The summed E-state index contributed by atoms with van der Waals surface area (Å²) in [6.07, 6.45) is 6.41. The zero-order valence-electron chi connectivity index (χ0n) is 17.6. The summed E-state index contributed by atoms with van der Waals surface area (Å²) in [5.41, 5.74) is 1.98. The molecule has 0 radical (unpaired) electrons. The number of carboxylic acids is 1. The van der Waals surface area contributed by atoms with Gasteiger partial charge < -0.3 is 15.7 Å². The largest absolute Gasteiger partial charge is 0.481 e. The van der Waals surface area contributed by atoms with Gasteiger partial charge in [0.15, 0.2) is 0 Å². The number of aliphatic carboxylic acids is 1. The molecule has 160 valence electrons. The maximum Gasteiger partial charge on any atom is 0.303 e. The fourth-order valence-corrected chi connectivity index (χ4v) is 5.29. The molecule has 0 aliphatic heterocycles. The minimum absolute atomic E-state index is 0.0306. The van der Waals surface area contributed by atoms with Crippen molar-refractivity contribution in [1.29, 1.82) is 0 Å². The topological polar surface area (TPSA) is 95.5 Å². The molecule has 3 rings (SSSR count). The Labute approximate surface area is 176 Å². The van der Waals surface area contributed by atoms with Crippen molar-refractivity contribution >= 4 is 34.1 Å². The van der Waals surface area contributed by atoms with Crippen molar-refractivity contribution < 1.29 is 19.5 Å². The quantitative estimate of drug-likeness (QED) is 0.553. The van der Waals surface area contributed by atoms with Crippen LogP contribution in [0.5, 0.6) is 0 Å². The third-order valence-corrected chi connectivity index (χ3v) is 7.64. The Morgan fingerprint density at radius 3 is 2.52 bits per heavy atom. The molecule has 1 aromatic rings. The first-order valence-corrected chi connectivity index (χ1v) is 11.5. The average Bonchev–Trinajstić information content (AvgIpc) is 3.39. The van der Waals surface area contributed by atoms with Crippen molar-refractivity contribution in [2.45, 2.75) is 84.6 Å². The summed E-state index contributed by atoms with van der Waals surface area (Å²) in [5, 5.41) is 15.4.